The van der Waals surface area contributed by atoms with Crippen LogP contribution in [0, 0.1) is 11.3 Å². The molecule has 1 aliphatic rings. The summed E-state index contributed by atoms with van der Waals surface area (Å²) in [6.07, 6.45) is 1.51. The number of carbonyl (C=O) groups is 1. The molecule has 0 aliphatic carbocycles. The third-order valence-corrected chi connectivity index (χ3v) is 9.53. The highest BCUT2D eigenvalue weighted by Gasteiger charge is 2.23. The normalized spacial score (nSPS) is 13.1. The lowest BCUT2D eigenvalue weighted by Gasteiger charge is -2.25. The van der Waals surface area contributed by atoms with Gasteiger partial charge >= 0.3 is 5.97 Å². The van der Waals surface area contributed by atoms with Crippen LogP contribution in [0.15, 0.2) is 100 Å². The molecular formula is C28H20N2O2S3. The first-order chi connectivity index (χ1) is 17.2. The highest BCUT2D eigenvalue weighted by molar-refractivity contribution is 8.06. The molecule has 2 heterocycles. The van der Waals surface area contributed by atoms with E-state index in [1.165, 1.54) is 11.0 Å². The topological polar surface area (TPSA) is 64.3 Å². The predicted octanol–water partition coefficient (Wildman–Crippen LogP) is 8.07. The molecule has 1 aliphatic heterocycles. The number of aliphatic carboxylic acids is 1. The summed E-state index contributed by atoms with van der Waals surface area (Å²) in [5, 5.41) is 18.6. The van der Waals surface area contributed by atoms with Crippen molar-refractivity contribution < 1.29 is 9.90 Å². The molecular weight excluding hydrogens is 493 g/mol. The molecule has 4 nitrogen and oxygen atoms in total. The van der Waals surface area contributed by atoms with Gasteiger partial charge in [0.15, 0.2) is 0 Å². The van der Waals surface area contributed by atoms with Gasteiger partial charge in [-0.05, 0) is 48.0 Å². The molecule has 0 fully saturated rings. The summed E-state index contributed by atoms with van der Waals surface area (Å²) in [5.74, 6) is 0.768. The summed E-state index contributed by atoms with van der Waals surface area (Å²) in [6, 6.07) is 30.8. The number of thiophene rings is 1. The minimum absolute atomic E-state index is 0.242. The van der Waals surface area contributed by atoms with Crippen LogP contribution in [0.5, 0.6) is 0 Å². The third kappa shape index (κ3) is 4.87. The largest absolute Gasteiger partial charge is 0.477 e. The molecule has 1 aromatic heterocycles. The second-order valence-corrected chi connectivity index (χ2v) is 10.9. The fourth-order valence-corrected chi connectivity index (χ4v) is 8.02. The molecule has 7 heteroatoms. The van der Waals surface area contributed by atoms with Crippen molar-refractivity contribution >= 4 is 64.0 Å². The van der Waals surface area contributed by atoms with Crippen LogP contribution in [0.4, 0.5) is 17.1 Å². The molecule has 0 amide bonds. The van der Waals surface area contributed by atoms with Crippen LogP contribution in [0.1, 0.15) is 4.88 Å². The zero-order valence-electron chi connectivity index (χ0n) is 18.5. The number of hydrogen-bond donors (Lipinski definition) is 1. The van der Waals surface area contributed by atoms with Crippen molar-refractivity contribution in [3.05, 3.63) is 95.4 Å². The zero-order valence-corrected chi connectivity index (χ0v) is 21.0. The average Bonchev–Trinajstić information content (AvgIpc) is 3.27. The molecule has 0 spiro atoms. The van der Waals surface area contributed by atoms with Gasteiger partial charge in [0.1, 0.15) is 11.6 Å². The van der Waals surface area contributed by atoms with Crippen molar-refractivity contribution in [2.45, 2.75) is 9.79 Å². The van der Waals surface area contributed by atoms with Gasteiger partial charge in [-0.1, -0.05) is 48.5 Å². The summed E-state index contributed by atoms with van der Waals surface area (Å²) < 4.78 is 0. The number of fused-ring (bicyclic) bond motifs is 1. The summed E-state index contributed by atoms with van der Waals surface area (Å²) >= 11 is 5.08. The smallest absolute Gasteiger partial charge is 0.346 e. The number of anilines is 3. The standard InChI is InChI=1S/C28H20N2O2S3/c29-18-20(28(31)32)17-24-26-27(34-16-15-33-26)25(35-24)19-11-13-23(14-12-19)30(21-7-3-1-4-8-21)22-9-5-2-6-10-22/h1-14,17H,15-16H2,(H,31,32)/b20-17+. The maximum Gasteiger partial charge on any atom is 0.346 e. The van der Waals surface area contributed by atoms with Crippen molar-refractivity contribution in [3.63, 3.8) is 0 Å². The van der Waals surface area contributed by atoms with E-state index in [4.69, 9.17) is 0 Å². The molecule has 1 N–H and O–H groups in total. The van der Waals surface area contributed by atoms with Crippen molar-refractivity contribution in [3.8, 4) is 16.5 Å². The van der Waals surface area contributed by atoms with Gasteiger partial charge in [0.25, 0.3) is 0 Å². The first kappa shape index (κ1) is 23.3. The maximum atomic E-state index is 11.4. The fourth-order valence-electron chi connectivity index (χ4n) is 3.89. The van der Waals surface area contributed by atoms with Gasteiger partial charge in [0, 0.05) is 48.1 Å². The lowest BCUT2D eigenvalue weighted by Crippen LogP contribution is -2.09. The number of hydrogen-bond acceptors (Lipinski definition) is 6. The first-order valence-electron chi connectivity index (χ1n) is 10.9. The summed E-state index contributed by atoms with van der Waals surface area (Å²) in [6.45, 7) is 0. The number of carboxylic acid groups (broad SMARTS) is 1. The van der Waals surface area contributed by atoms with Gasteiger partial charge in [0.2, 0.25) is 0 Å². The van der Waals surface area contributed by atoms with E-state index in [-0.39, 0.29) is 5.57 Å². The predicted molar refractivity (Wildman–Crippen MR) is 147 cm³/mol. The van der Waals surface area contributed by atoms with Gasteiger partial charge < -0.3 is 10.0 Å². The lowest BCUT2D eigenvalue weighted by atomic mass is 10.1. The van der Waals surface area contributed by atoms with Crippen molar-refractivity contribution in [1.82, 2.24) is 0 Å². The minimum Gasteiger partial charge on any atom is -0.477 e. The fraction of sp³-hybridized carbons (Fsp3) is 0.0714. The van der Waals surface area contributed by atoms with E-state index in [1.54, 1.807) is 40.9 Å². The van der Waals surface area contributed by atoms with Crippen molar-refractivity contribution in [2.75, 3.05) is 16.4 Å². The second kappa shape index (κ2) is 10.4. The Morgan fingerprint density at radius 3 is 1.91 bits per heavy atom. The SMILES string of the molecule is N#C/C(=C\c1sc(-c2ccc(N(c3ccccc3)c3ccccc3)cc2)c2c1SCCS2)C(=O)O. The Balaban J connectivity index is 1.56. The van der Waals surface area contributed by atoms with Gasteiger partial charge in [-0.15, -0.1) is 34.9 Å². The Kier molecular flexibility index (Phi) is 6.96. The molecule has 0 atom stereocenters. The summed E-state index contributed by atoms with van der Waals surface area (Å²) in [7, 11) is 0. The highest BCUT2D eigenvalue weighted by atomic mass is 32.2. The molecule has 172 valence electrons. The van der Waals surface area contributed by atoms with Crippen molar-refractivity contribution in [1.29, 1.82) is 5.26 Å². The molecule has 0 radical (unpaired) electrons. The van der Waals surface area contributed by atoms with E-state index in [0.717, 1.165) is 48.8 Å². The van der Waals surface area contributed by atoms with Gasteiger partial charge in [-0.3, -0.25) is 0 Å². The molecule has 0 saturated heterocycles. The molecule has 0 saturated carbocycles. The van der Waals surface area contributed by atoms with Gasteiger partial charge in [-0.25, -0.2) is 4.79 Å². The number of thioether (sulfide) groups is 2. The molecule has 0 bridgehead atoms. The number of nitrogens with zero attached hydrogens (tertiary/aromatic N) is 2. The Bertz CT molecular complexity index is 1380. The zero-order chi connectivity index (χ0) is 24.2. The quantitative estimate of drug-likeness (QED) is 0.208. The highest BCUT2D eigenvalue weighted by Crippen LogP contribution is 2.51. The van der Waals surface area contributed by atoms with E-state index in [9.17, 15) is 15.2 Å². The van der Waals surface area contributed by atoms with E-state index in [1.807, 2.05) is 36.4 Å². The first-order valence-corrected chi connectivity index (χ1v) is 13.7. The van der Waals surface area contributed by atoms with Crippen LogP contribution in [0.2, 0.25) is 0 Å². The number of para-hydroxylation sites is 2. The number of benzene rings is 3. The second-order valence-electron chi connectivity index (χ2n) is 7.68. The molecule has 0 unspecified atom stereocenters. The van der Waals surface area contributed by atoms with E-state index in [0.29, 0.717) is 0 Å². The lowest BCUT2D eigenvalue weighted by molar-refractivity contribution is -0.132. The van der Waals surface area contributed by atoms with Crippen LogP contribution in [0.3, 0.4) is 0 Å². The number of nitriles is 1. The third-order valence-electron chi connectivity index (χ3n) is 5.47. The Morgan fingerprint density at radius 1 is 0.829 bits per heavy atom. The van der Waals surface area contributed by atoms with E-state index < -0.39 is 5.97 Å². The van der Waals surface area contributed by atoms with Crippen LogP contribution in [0.25, 0.3) is 16.5 Å². The summed E-state index contributed by atoms with van der Waals surface area (Å²) in [5.41, 5.74) is 4.05. The Hall–Kier alpha value is -3.44. The van der Waals surface area contributed by atoms with Gasteiger partial charge in [0.05, 0.1) is 0 Å². The van der Waals surface area contributed by atoms with Gasteiger partial charge in [-0.2, -0.15) is 5.26 Å². The molecule has 3 aromatic carbocycles. The van der Waals surface area contributed by atoms with E-state index in [2.05, 4.69) is 53.4 Å². The minimum atomic E-state index is -1.20. The van der Waals surface area contributed by atoms with Crippen LogP contribution >= 0.6 is 34.9 Å². The summed E-state index contributed by atoms with van der Waals surface area (Å²) in [4.78, 5) is 17.8. The Morgan fingerprint density at radius 2 is 1.37 bits per heavy atom. The number of carboxylic acids is 1. The average molecular weight is 513 g/mol. The molecule has 5 rings (SSSR count). The van der Waals surface area contributed by atoms with Crippen LogP contribution in [-0.4, -0.2) is 22.6 Å². The number of rotatable bonds is 6. The van der Waals surface area contributed by atoms with E-state index >= 15 is 0 Å². The van der Waals surface area contributed by atoms with Crippen LogP contribution < -0.4 is 4.90 Å². The molecule has 4 aromatic rings. The monoisotopic (exact) mass is 512 g/mol. The Labute approximate surface area is 216 Å². The van der Waals surface area contributed by atoms with Crippen LogP contribution in [-0.2, 0) is 4.79 Å². The molecule has 35 heavy (non-hydrogen) atoms. The van der Waals surface area contributed by atoms with Crippen molar-refractivity contribution in [2.24, 2.45) is 0 Å². The maximum absolute atomic E-state index is 11.4.